The first kappa shape index (κ1) is 22.1. The second-order valence-electron chi connectivity index (χ2n) is 7.39. The highest BCUT2D eigenvalue weighted by Crippen LogP contribution is 2.33. The zero-order valence-corrected chi connectivity index (χ0v) is 19.1. The van der Waals surface area contributed by atoms with Crippen molar-refractivity contribution in [2.24, 2.45) is 10.1 Å². The van der Waals surface area contributed by atoms with Crippen LogP contribution in [0.2, 0.25) is 5.02 Å². The van der Waals surface area contributed by atoms with Crippen LogP contribution in [-0.2, 0) is 11.4 Å². The standard InChI is InChI=1S/C25H16ClFN4O2S/c26-21-4-2-1-3-19(21)24-30-31-22(28)20(23(32)29-25(31)34-24)13-15-7-11-18(12-8-15)33-14-16-5-9-17(27)10-6-16/h1-13,28H,14H2/b20-13-,28-22?. The number of rotatable bonds is 5. The van der Waals surface area contributed by atoms with Crippen LogP contribution in [0.1, 0.15) is 16.7 Å². The maximum Gasteiger partial charge on any atom is 0.283 e. The molecule has 1 N–H and O–H groups in total. The van der Waals surface area contributed by atoms with Crippen LogP contribution in [0.15, 0.2) is 88.5 Å². The molecule has 0 saturated heterocycles. The van der Waals surface area contributed by atoms with Crippen molar-refractivity contribution in [1.29, 1.82) is 5.41 Å². The summed E-state index contributed by atoms with van der Waals surface area (Å²) in [7, 11) is 0. The second-order valence-corrected chi connectivity index (χ2v) is 8.75. The SMILES string of the molecule is N=C1/C(=C/c2ccc(OCc3ccc(F)cc3)cc2)C(=O)N=C2SC(c3ccccc3Cl)=NN12. The van der Waals surface area contributed by atoms with E-state index in [0.717, 1.165) is 5.56 Å². The van der Waals surface area contributed by atoms with Crippen molar-refractivity contribution in [2.45, 2.75) is 6.61 Å². The summed E-state index contributed by atoms with van der Waals surface area (Å²) < 4.78 is 18.7. The molecule has 0 unspecified atom stereocenters. The highest BCUT2D eigenvalue weighted by atomic mass is 35.5. The van der Waals surface area contributed by atoms with Crippen molar-refractivity contribution in [2.75, 3.05) is 0 Å². The molecule has 0 fully saturated rings. The molecule has 0 atom stereocenters. The molecule has 6 nitrogen and oxygen atoms in total. The number of benzene rings is 3. The number of amidine groups is 2. The molecule has 3 aromatic rings. The van der Waals surface area contributed by atoms with Gasteiger partial charge in [0.1, 0.15) is 23.2 Å². The van der Waals surface area contributed by atoms with Gasteiger partial charge in [-0.25, -0.2) is 4.39 Å². The van der Waals surface area contributed by atoms with E-state index in [1.807, 2.05) is 18.2 Å². The van der Waals surface area contributed by atoms with Gasteiger partial charge in [0.25, 0.3) is 5.91 Å². The molecule has 3 aromatic carbocycles. The van der Waals surface area contributed by atoms with E-state index in [2.05, 4.69) is 10.1 Å². The first-order valence-corrected chi connectivity index (χ1v) is 11.4. The van der Waals surface area contributed by atoms with Gasteiger partial charge in [0.05, 0.1) is 10.6 Å². The van der Waals surface area contributed by atoms with Crippen molar-refractivity contribution in [3.05, 3.63) is 106 Å². The molecule has 0 aliphatic carbocycles. The Morgan fingerprint density at radius 1 is 1.06 bits per heavy atom. The number of fused-ring (bicyclic) bond motifs is 1. The van der Waals surface area contributed by atoms with Crippen LogP contribution in [0.3, 0.4) is 0 Å². The second kappa shape index (κ2) is 9.24. The number of hydrogen-bond donors (Lipinski definition) is 1. The van der Waals surface area contributed by atoms with Gasteiger partial charge >= 0.3 is 0 Å². The molecule has 0 radical (unpaired) electrons. The van der Waals surface area contributed by atoms with E-state index < -0.39 is 5.91 Å². The molecule has 1 amide bonds. The minimum absolute atomic E-state index is 0.0545. The number of nitrogens with one attached hydrogen (secondary N) is 1. The van der Waals surface area contributed by atoms with E-state index in [4.69, 9.17) is 21.7 Å². The smallest absolute Gasteiger partial charge is 0.283 e. The van der Waals surface area contributed by atoms with Gasteiger partial charge in [0, 0.05) is 5.56 Å². The van der Waals surface area contributed by atoms with Gasteiger partial charge < -0.3 is 4.74 Å². The predicted octanol–water partition coefficient (Wildman–Crippen LogP) is 5.73. The average molecular weight is 491 g/mol. The topological polar surface area (TPSA) is 78.1 Å². The largest absolute Gasteiger partial charge is 0.489 e. The number of thioether (sulfide) groups is 1. The Labute approximate surface area is 203 Å². The number of carbonyl (C=O) groups is 1. The van der Waals surface area contributed by atoms with Gasteiger partial charge in [0.2, 0.25) is 5.17 Å². The van der Waals surface area contributed by atoms with Gasteiger partial charge in [-0.1, -0.05) is 54.1 Å². The third-order valence-electron chi connectivity index (χ3n) is 5.07. The Kier molecular flexibility index (Phi) is 6.00. The van der Waals surface area contributed by atoms with Gasteiger partial charge in [-0.2, -0.15) is 15.1 Å². The van der Waals surface area contributed by atoms with Crippen LogP contribution < -0.4 is 4.74 Å². The number of amides is 1. The van der Waals surface area contributed by atoms with Crippen LogP contribution in [0, 0.1) is 11.2 Å². The third-order valence-corrected chi connectivity index (χ3v) is 6.34. The van der Waals surface area contributed by atoms with Crippen molar-refractivity contribution in [3.63, 3.8) is 0 Å². The first-order chi connectivity index (χ1) is 16.5. The fraction of sp³-hybridized carbons (Fsp3) is 0.0400. The number of carbonyl (C=O) groups excluding carboxylic acids is 1. The van der Waals surface area contributed by atoms with Crippen molar-refractivity contribution in [1.82, 2.24) is 5.01 Å². The zero-order valence-electron chi connectivity index (χ0n) is 17.5. The highest BCUT2D eigenvalue weighted by Gasteiger charge is 2.36. The minimum Gasteiger partial charge on any atom is -0.489 e. The molecule has 0 saturated carbocycles. The number of ether oxygens (including phenoxy) is 1. The molecular weight excluding hydrogens is 475 g/mol. The molecule has 2 heterocycles. The Morgan fingerprint density at radius 3 is 2.53 bits per heavy atom. The Balaban J connectivity index is 1.32. The third kappa shape index (κ3) is 4.50. The Morgan fingerprint density at radius 2 is 1.79 bits per heavy atom. The van der Waals surface area contributed by atoms with E-state index in [-0.39, 0.29) is 17.2 Å². The molecule has 9 heteroatoms. The molecule has 5 rings (SSSR count). The van der Waals surface area contributed by atoms with Gasteiger partial charge in [-0.05, 0) is 59.3 Å². The van der Waals surface area contributed by atoms with Crippen molar-refractivity contribution < 1.29 is 13.9 Å². The maximum absolute atomic E-state index is 13.0. The summed E-state index contributed by atoms with van der Waals surface area (Å²) in [4.78, 5) is 16.8. The lowest BCUT2D eigenvalue weighted by molar-refractivity contribution is -0.114. The van der Waals surface area contributed by atoms with Gasteiger partial charge in [-0.3, -0.25) is 10.2 Å². The van der Waals surface area contributed by atoms with E-state index in [9.17, 15) is 9.18 Å². The lowest BCUT2D eigenvalue weighted by Gasteiger charge is -2.20. The Hall–Kier alpha value is -3.75. The summed E-state index contributed by atoms with van der Waals surface area (Å²) in [6, 6.07) is 20.5. The molecule has 0 bridgehead atoms. The number of nitrogens with zero attached hydrogens (tertiary/aromatic N) is 3. The summed E-state index contributed by atoms with van der Waals surface area (Å²) in [5.41, 5.74) is 2.41. The fourth-order valence-corrected chi connectivity index (χ4v) is 4.52. The van der Waals surface area contributed by atoms with E-state index in [1.54, 1.807) is 48.5 Å². The lowest BCUT2D eigenvalue weighted by Crippen LogP contribution is -2.35. The molecule has 168 valence electrons. The molecule has 2 aliphatic rings. The van der Waals surface area contributed by atoms with Crippen molar-refractivity contribution in [3.8, 4) is 5.75 Å². The first-order valence-electron chi connectivity index (χ1n) is 10.2. The monoisotopic (exact) mass is 490 g/mol. The predicted molar refractivity (Wildman–Crippen MR) is 133 cm³/mol. The summed E-state index contributed by atoms with van der Waals surface area (Å²) in [6.07, 6.45) is 1.60. The van der Waals surface area contributed by atoms with Crippen LogP contribution in [0.25, 0.3) is 6.08 Å². The minimum atomic E-state index is -0.504. The Bertz CT molecular complexity index is 1380. The van der Waals surface area contributed by atoms with E-state index in [1.165, 1.54) is 28.9 Å². The quantitative estimate of drug-likeness (QED) is 0.463. The normalized spacial score (nSPS) is 16.4. The van der Waals surface area contributed by atoms with Crippen LogP contribution in [0.4, 0.5) is 4.39 Å². The molecule has 0 spiro atoms. The average Bonchev–Trinajstić information content (AvgIpc) is 3.26. The van der Waals surface area contributed by atoms with E-state index >= 15 is 0 Å². The maximum atomic E-state index is 13.0. The zero-order chi connectivity index (χ0) is 23.7. The molecule has 2 aliphatic heterocycles. The van der Waals surface area contributed by atoms with Crippen LogP contribution >= 0.6 is 23.4 Å². The highest BCUT2D eigenvalue weighted by molar-refractivity contribution is 8.27. The summed E-state index contributed by atoms with van der Waals surface area (Å²) >= 11 is 7.47. The number of hydrazone groups is 1. The summed E-state index contributed by atoms with van der Waals surface area (Å²) in [5, 5.41) is 15.8. The number of aliphatic imine (C=N–C) groups is 1. The summed E-state index contributed by atoms with van der Waals surface area (Å²) in [6.45, 7) is 0.305. The van der Waals surface area contributed by atoms with Crippen molar-refractivity contribution >= 4 is 51.4 Å². The van der Waals surface area contributed by atoms with Crippen LogP contribution in [-0.4, -0.2) is 27.0 Å². The molecule has 34 heavy (non-hydrogen) atoms. The fourth-order valence-electron chi connectivity index (χ4n) is 3.31. The number of halogens is 2. The molecular formula is C25H16ClFN4O2S. The summed E-state index contributed by atoms with van der Waals surface area (Å²) in [5.74, 6) is -0.224. The van der Waals surface area contributed by atoms with Gasteiger partial charge in [-0.15, -0.1) is 0 Å². The lowest BCUT2D eigenvalue weighted by atomic mass is 10.1. The number of hydrogen-bond acceptors (Lipinski definition) is 5. The molecule has 0 aromatic heterocycles. The van der Waals surface area contributed by atoms with Crippen LogP contribution in [0.5, 0.6) is 5.75 Å². The van der Waals surface area contributed by atoms with Gasteiger partial charge in [0.15, 0.2) is 5.84 Å². The van der Waals surface area contributed by atoms with E-state index in [0.29, 0.717) is 38.7 Å².